The fraction of sp³-hybridized carbons (Fsp3) is 0.222. The molecule has 0 radical (unpaired) electrons. The molecule has 0 saturated heterocycles. The number of aliphatic hydroxyl groups is 2. The average Bonchev–Trinajstić information content (AvgIpc) is 2.27. The van der Waals surface area contributed by atoms with Gasteiger partial charge < -0.3 is 21.4 Å². The number of benzene rings is 1. The molecule has 6 nitrogen and oxygen atoms in total. The van der Waals surface area contributed by atoms with Gasteiger partial charge in [-0.05, 0) is 17.7 Å². The minimum atomic E-state index is -1.61. The Balaban J connectivity index is 2.82. The maximum absolute atomic E-state index is 10.6. The molecule has 7 N–H and O–H groups in total. The molecule has 0 bridgehead atoms. The molecule has 0 saturated carbocycles. The fourth-order valence-electron chi connectivity index (χ4n) is 1.11. The molecule has 1 rings (SSSR count). The number of anilines is 1. The number of hydrogen-bond acceptors (Lipinski definition) is 5. The standard InChI is InChI=1S/C9H13N3O3/c10-9(15)8(14)7(13)5-1-3-6(12-11)4-2-5/h1-4,7-8,12-14H,11H2,(H2,10,15). The van der Waals surface area contributed by atoms with Gasteiger partial charge in [-0.15, -0.1) is 0 Å². The highest BCUT2D eigenvalue weighted by molar-refractivity contribution is 5.79. The van der Waals surface area contributed by atoms with E-state index in [1.54, 1.807) is 12.1 Å². The van der Waals surface area contributed by atoms with Crippen LogP contribution in [0.2, 0.25) is 0 Å². The number of hydrogen-bond donors (Lipinski definition) is 5. The second kappa shape index (κ2) is 4.74. The number of aliphatic hydroxyl groups excluding tert-OH is 2. The number of amides is 1. The summed E-state index contributed by atoms with van der Waals surface area (Å²) in [5.41, 5.74) is 8.30. The third-order valence-corrected chi connectivity index (χ3v) is 2.01. The van der Waals surface area contributed by atoms with E-state index in [0.717, 1.165) is 0 Å². The van der Waals surface area contributed by atoms with Crippen molar-refractivity contribution in [3.8, 4) is 0 Å². The van der Waals surface area contributed by atoms with Crippen LogP contribution in [-0.4, -0.2) is 22.2 Å². The van der Waals surface area contributed by atoms with Gasteiger partial charge in [0, 0.05) is 5.69 Å². The third kappa shape index (κ3) is 2.66. The SMILES string of the molecule is NNc1ccc(C(O)C(O)C(N)=O)cc1. The lowest BCUT2D eigenvalue weighted by atomic mass is 10.0. The summed E-state index contributed by atoms with van der Waals surface area (Å²) in [4.78, 5) is 10.6. The van der Waals surface area contributed by atoms with Crippen LogP contribution in [0.15, 0.2) is 24.3 Å². The molecule has 2 unspecified atom stereocenters. The first kappa shape index (κ1) is 11.4. The van der Waals surface area contributed by atoms with E-state index >= 15 is 0 Å². The van der Waals surface area contributed by atoms with Crippen LogP contribution in [0.1, 0.15) is 11.7 Å². The number of nitrogens with two attached hydrogens (primary N) is 2. The molecule has 6 heteroatoms. The van der Waals surface area contributed by atoms with Gasteiger partial charge in [0.15, 0.2) is 6.10 Å². The Bertz CT molecular complexity index is 339. The van der Waals surface area contributed by atoms with Crippen LogP contribution in [-0.2, 0) is 4.79 Å². The second-order valence-corrected chi connectivity index (χ2v) is 3.06. The molecular formula is C9H13N3O3. The van der Waals surface area contributed by atoms with Gasteiger partial charge in [0.1, 0.15) is 6.10 Å². The first-order valence-corrected chi connectivity index (χ1v) is 4.28. The first-order chi connectivity index (χ1) is 7.06. The quantitative estimate of drug-likeness (QED) is 0.318. The number of primary amides is 1. The first-order valence-electron chi connectivity index (χ1n) is 4.28. The molecule has 0 fully saturated rings. The molecule has 0 aliphatic heterocycles. The highest BCUT2D eigenvalue weighted by Crippen LogP contribution is 2.18. The van der Waals surface area contributed by atoms with Crippen LogP contribution in [0.5, 0.6) is 0 Å². The van der Waals surface area contributed by atoms with Crippen molar-refractivity contribution in [1.82, 2.24) is 0 Å². The van der Waals surface area contributed by atoms with Crippen molar-refractivity contribution in [1.29, 1.82) is 0 Å². The van der Waals surface area contributed by atoms with Crippen LogP contribution in [0, 0.1) is 0 Å². The Kier molecular flexibility index (Phi) is 3.62. The van der Waals surface area contributed by atoms with E-state index in [9.17, 15) is 15.0 Å². The van der Waals surface area contributed by atoms with E-state index in [2.05, 4.69) is 5.43 Å². The van der Waals surface area contributed by atoms with E-state index in [1.807, 2.05) is 0 Å². The number of rotatable bonds is 4. The summed E-state index contributed by atoms with van der Waals surface area (Å²) in [6.07, 6.45) is -2.93. The molecule has 0 aromatic heterocycles. The van der Waals surface area contributed by atoms with E-state index in [4.69, 9.17) is 11.6 Å². The van der Waals surface area contributed by atoms with Crippen molar-refractivity contribution < 1.29 is 15.0 Å². The molecule has 1 aromatic rings. The summed E-state index contributed by atoms with van der Waals surface area (Å²) in [6.45, 7) is 0. The van der Waals surface area contributed by atoms with Crippen molar-refractivity contribution in [3.63, 3.8) is 0 Å². The van der Waals surface area contributed by atoms with Crippen molar-refractivity contribution in [2.24, 2.45) is 11.6 Å². The van der Waals surface area contributed by atoms with Crippen LogP contribution in [0.3, 0.4) is 0 Å². The second-order valence-electron chi connectivity index (χ2n) is 3.06. The summed E-state index contributed by atoms with van der Waals surface area (Å²) in [5, 5.41) is 18.7. The van der Waals surface area contributed by atoms with Crippen molar-refractivity contribution in [2.75, 3.05) is 5.43 Å². The predicted octanol–water partition coefficient (Wildman–Crippen LogP) is -1.15. The molecule has 0 aliphatic carbocycles. The molecule has 0 aliphatic rings. The van der Waals surface area contributed by atoms with Crippen LogP contribution in [0.25, 0.3) is 0 Å². The zero-order valence-corrected chi connectivity index (χ0v) is 7.92. The molecule has 2 atom stereocenters. The number of nitrogens with one attached hydrogen (secondary N) is 1. The normalized spacial score (nSPS) is 14.3. The van der Waals surface area contributed by atoms with Gasteiger partial charge >= 0.3 is 0 Å². The van der Waals surface area contributed by atoms with Crippen LogP contribution in [0.4, 0.5) is 5.69 Å². The lowest BCUT2D eigenvalue weighted by Crippen LogP contribution is -2.33. The molecule has 1 aromatic carbocycles. The number of nitrogen functional groups attached to an aromatic ring is 1. The third-order valence-electron chi connectivity index (χ3n) is 2.01. The summed E-state index contributed by atoms with van der Waals surface area (Å²) < 4.78 is 0. The number of carbonyl (C=O) groups excluding carboxylic acids is 1. The largest absolute Gasteiger partial charge is 0.385 e. The van der Waals surface area contributed by atoms with E-state index in [-0.39, 0.29) is 0 Å². The van der Waals surface area contributed by atoms with Gasteiger partial charge in [0.05, 0.1) is 0 Å². The van der Waals surface area contributed by atoms with Gasteiger partial charge in [-0.3, -0.25) is 10.6 Å². The van der Waals surface area contributed by atoms with E-state index < -0.39 is 18.1 Å². The maximum atomic E-state index is 10.6. The minimum Gasteiger partial charge on any atom is -0.385 e. The Morgan fingerprint density at radius 2 is 1.80 bits per heavy atom. The summed E-state index contributed by atoms with van der Waals surface area (Å²) in [7, 11) is 0. The van der Waals surface area contributed by atoms with Crippen molar-refractivity contribution >= 4 is 11.6 Å². The summed E-state index contributed by atoms with van der Waals surface area (Å²) >= 11 is 0. The monoisotopic (exact) mass is 211 g/mol. The average molecular weight is 211 g/mol. The smallest absolute Gasteiger partial charge is 0.249 e. The minimum absolute atomic E-state index is 0.389. The highest BCUT2D eigenvalue weighted by Gasteiger charge is 2.22. The Hall–Kier alpha value is -1.63. The maximum Gasteiger partial charge on any atom is 0.249 e. The zero-order chi connectivity index (χ0) is 11.4. The van der Waals surface area contributed by atoms with Gasteiger partial charge in [-0.1, -0.05) is 12.1 Å². The molecule has 0 spiro atoms. The molecule has 82 valence electrons. The van der Waals surface area contributed by atoms with Gasteiger partial charge in [0.2, 0.25) is 5.91 Å². The lowest BCUT2D eigenvalue weighted by molar-refractivity contribution is -0.131. The summed E-state index contributed by atoms with van der Waals surface area (Å²) in [5.74, 6) is 4.18. The summed E-state index contributed by atoms with van der Waals surface area (Å²) in [6, 6.07) is 6.27. The number of carbonyl (C=O) groups is 1. The van der Waals surface area contributed by atoms with Gasteiger partial charge in [0.25, 0.3) is 0 Å². The topological polar surface area (TPSA) is 122 Å². The molecule has 1 amide bonds. The van der Waals surface area contributed by atoms with E-state index in [0.29, 0.717) is 11.3 Å². The molecular weight excluding hydrogens is 198 g/mol. The van der Waals surface area contributed by atoms with Crippen molar-refractivity contribution in [2.45, 2.75) is 12.2 Å². The zero-order valence-electron chi connectivity index (χ0n) is 7.92. The Morgan fingerprint density at radius 1 is 1.27 bits per heavy atom. The lowest BCUT2D eigenvalue weighted by Gasteiger charge is -2.15. The predicted molar refractivity (Wildman–Crippen MR) is 54.4 cm³/mol. The Morgan fingerprint density at radius 3 is 2.20 bits per heavy atom. The fourth-order valence-corrected chi connectivity index (χ4v) is 1.11. The van der Waals surface area contributed by atoms with Crippen LogP contribution < -0.4 is 17.0 Å². The van der Waals surface area contributed by atoms with Gasteiger partial charge in [-0.25, -0.2) is 0 Å². The van der Waals surface area contributed by atoms with Gasteiger partial charge in [-0.2, -0.15) is 0 Å². The number of hydrazine groups is 1. The molecule has 0 heterocycles. The van der Waals surface area contributed by atoms with E-state index in [1.165, 1.54) is 12.1 Å². The molecule has 15 heavy (non-hydrogen) atoms. The highest BCUT2D eigenvalue weighted by atomic mass is 16.3. The Labute approximate surface area is 86.5 Å². The van der Waals surface area contributed by atoms with Crippen LogP contribution >= 0.6 is 0 Å². The van der Waals surface area contributed by atoms with Crippen molar-refractivity contribution in [3.05, 3.63) is 29.8 Å².